The van der Waals surface area contributed by atoms with E-state index in [0.29, 0.717) is 12.5 Å². The largest absolute Gasteiger partial charge is 0.444 e. The molecule has 2 N–H and O–H groups in total. The zero-order valence-electron chi connectivity index (χ0n) is 17.2. The lowest BCUT2D eigenvalue weighted by Crippen LogP contribution is -2.52. The Morgan fingerprint density at radius 2 is 1.84 bits per heavy atom. The molecule has 2 atom stereocenters. The van der Waals surface area contributed by atoms with Crippen molar-refractivity contribution in [3.8, 4) is 0 Å². The van der Waals surface area contributed by atoms with Crippen LogP contribution in [0.5, 0.6) is 0 Å². The van der Waals surface area contributed by atoms with Gasteiger partial charge in [0.05, 0.1) is 6.17 Å². The van der Waals surface area contributed by atoms with Gasteiger partial charge in [0.15, 0.2) is 0 Å². The number of carbonyl (C=O) groups excluding carboxylic acids is 2. The van der Waals surface area contributed by atoms with Crippen molar-refractivity contribution >= 4 is 12.5 Å². The third-order valence-electron chi connectivity index (χ3n) is 4.49. The molecule has 0 heterocycles. The zero-order chi connectivity index (χ0) is 19.5. The highest BCUT2D eigenvalue weighted by atomic mass is 16.6. The van der Waals surface area contributed by atoms with E-state index >= 15 is 0 Å². The first-order valence-corrected chi connectivity index (χ1v) is 9.61. The lowest BCUT2D eigenvalue weighted by atomic mass is 10.1. The van der Waals surface area contributed by atoms with Gasteiger partial charge in [0.2, 0.25) is 6.41 Å². The molecule has 0 spiro atoms. The van der Waals surface area contributed by atoms with Crippen LogP contribution in [0.15, 0.2) is 0 Å². The van der Waals surface area contributed by atoms with Crippen molar-refractivity contribution in [3.05, 3.63) is 0 Å². The summed E-state index contributed by atoms with van der Waals surface area (Å²) >= 11 is 0. The summed E-state index contributed by atoms with van der Waals surface area (Å²) in [4.78, 5) is 25.1. The van der Waals surface area contributed by atoms with Gasteiger partial charge >= 0.3 is 6.09 Å². The van der Waals surface area contributed by atoms with Crippen molar-refractivity contribution in [1.82, 2.24) is 15.5 Å². The van der Waals surface area contributed by atoms with Gasteiger partial charge in [-0.3, -0.25) is 10.1 Å². The molecule has 2 amide bonds. The van der Waals surface area contributed by atoms with Crippen LogP contribution in [0.3, 0.4) is 0 Å². The molecule has 0 aliphatic heterocycles. The number of hydrogen-bond donors (Lipinski definition) is 2. The van der Waals surface area contributed by atoms with Gasteiger partial charge in [0, 0.05) is 12.6 Å². The highest BCUT2D eigenvalue weighted by Gasteiger charge is 2.24. The molecule has 0 aromatic rings. The number of ether oxygens (including phenoxy) is 1. The van der Waals surface area contributed by atoms with Crippen LogP contribution in [0.1, 0.15) is 74.1 Å². The molecule has 2 unspecified atom stereocenters. The second kappa shape index (κ2) is 12.1. The normalized spacial score (nSPS) is 14.1. The molecule has 0 saturated carbocycles. The third-order valence-corrected chi connectivity index (χ3v) is 4.49. The first kappa shape index (κ1) is 23.7. The van der Waals surface area contributed by atoms with Crippen LogP contribution in [0.4, 0.5) is 4.79 Å². The van der Waals surface area contributed by atoms with E-state index in [-0.39, 0.29) is 18.3 Å². The van der Waals surface area contributed by atoms with Crippen molar-refractivity contribution in [3.63, 3.8) is 0 Å². The number of amides is 2. The van der Waals surface area contributed by atoms with E-state index in [9.17, 15) is 9.59 Å². The molecule has 0 fully saturated rings. The van der Waals surface area contributed by atoms with E-state index in [2.05, 4.69) is 38.3 Å². The Labute approximate surface area is 154 Å². The zero-order valence-corrected chi connectivity index (χ0v) is 17.2. The highest BCUT2D eigenvalue weighted by molar-refractivity contribution is 5.67. The van der Waals surface area contributed by atoms with Crippen molar-refractivity contribution in [2.75, 3.05) is 13.1 Å². The molecule has 6 heteroatoms. The first-order valence-electron chi connectivity index (χ1n) is 9.61. The van der Waals surface area contributed by atoms with Crippen LogP contribution in [-0.4, -0.2) is 48.3 Å². The minimum absolute atomic E-state index is 0.00465. The molecule has 0 bridgehead atoms. The molecule has 0 rings (SSSR count). The molecule has 0 radical (unpaired) electrons. The van der Waals surface area contributed by atoms with E-state index in [0.717, 1.165) is 38.6 Å². The van der Waals surface area contributed by atoms with Crippen molar-refractivity contribution in [2.24, 2.45) is 5.92 Å². The maximum absolute atomic E-state index is 11.7. The summed E-state index contributed by atoms with van der Waals surface area (Å²) in [7, 11) is 0. The summed E-state index contributed by atoms with van der Waals surface area (Å²) < 4.78 is 5.34. The fourth-order valence-electron chi connectivity index (χ4n) is 2.58. The van der Waals surface area contributed by atoms with Gasteiger partial charge < -0.3 is 15.0 Å². The second-order valence-corrected chi connectivity index (χ2v) is 7.62. The van der Waals surface area contributed by atoms with Crippen LogP contribution in [0.2, 0.25) is 0 Å². The Kier molecular flexibility index (Phi) is 11.5. The van der Waals surface area contributed by atoms with Crippen LogP contribution in [-0.2, 0) is 9.53 Å². The monoisotopic (exact) mass is 357 g/mol. The maximum atomic E-state index is 11.7. The Morgan fingerprint density at radius 3 is 2.32 bits per heavy atom. The molecule has 0 aliphatic rings. The van der Waals surface area contributed by atoms with Crippen molar-refractivity contribution in [1.29, 1.82) is 0 Å². The number of nitrogens with zero attached hydrogens (tertiary/aromatic N) is 1. The van der Waals surface area contributed by atoms with Crippen LogP contribution in [0, 0.1) is 5.92 Å². The fraction of sp³-hybridized carbons (Fsp3) is 0.895. The fourth-order valence-corrected chi connectivity index (χ4v) is 2.58. The summed E-state index contributed by atoms with van der Waals surface area (Å²) in [6.45, 7) is 15.5. The van der Waals surface area contributed by atoms with Gasteiger partial charge in [-0.2, -0.15) is 0 Å². The maximum Gasteiger partial charge on any atom is 0.407 e. The minimum atomic E-state index is -0.440. The van der Waals surface area contributed by atoms with Gasteiger partial charge in [-0.15, -0.1) is 0 Å². The lowest BCUT2D eigenvalue weighted by molar-refractivity contribution is -0.124. The van der Waals surface area contributed by atoms with Gasteiger partial charge in [0.1, 0.15) is 5.60 Å². The molecule has 0 aliphatic carbocycles. The molecule has 0 saturated heterocycles. The molecule has 6 nitrogen and oxygen atoms in total. The number of alkyl carbamates (subject to hydrolysis) is 1. The predicted octanol–water partition coefficient (Wildman–Crippen LogP) is 3.51. The van der Waals surface area contributed by atoms with E-state index in [4.69, 9.17) is 4.74 Å². The van der Waals surface area contributed by atoms with Gasteiger partial charge in [-0.05, 0) is 52.5 Å². The average molecular weight is 358 g/mol. The number of hydrogen-bond acceptors (Lipinski definition) is 4. The Bertz CT molecular complexity index is 386. The standard InChI is InChI=1S/C19H39N3O3/c1-8-11-16(5)22(14-23)17(15(3)4)20-12-10-13-21-18(24)25-19(6,7)9-2/h14-17,20H,8-13H2,1-7H3,(H,21,24). The minimum Gasteiger partial charge on any atom is -0.444 e. The first-order chi connectivity index (χ1) is 11.7. The third kappa shape index (κ3) is 9.68. The smallest absolute Gasteiger partial charge is 0.407 e. The SMILES string of the molecule is CCCC(C)N(C=O)C(NCCCNC(=O)OC(C)(C)CC)C(C)C. The van der Waals surface area contributed by atoms with Gasteiger partial charge in [-0.25, -0.2) is 4.79 Å². The molecular weight excluding hydrogens is 318 g/mol. The summed E-state index contributed by atoms with van der Waals surface area (Å²) in [5.41, 5.74) is -0.440. The summed E-state index contributed by atoms with van der Waals surface area (Å²) in [5, 5.41) is 6.22. The number of nitrogens with one attached hydrogen (secondary N) is 2. The van der Waals surface area contributed by atoms with Gasteiger partial charge in [0.25, 0.3) is 0 Å². The lowest BCUT2D eigenvalue weighted by Gasteiger charge is -2.36. The molecular formula is C19H39N3O3. The van der Waals surface area contributed by atoms with Gasteiger partial charge in [-0.1, -0.05) is 34.1 Å². The summed E-state index contributed by atoms with van der Waals surface area (Å²) in [5.74, 6) is 0.313. The Morgan fingerprint density at radius 1 is 1.20 bits per heavy atom. The van der Waals surface area contributed by atoms with Crippen molar-refractivity contribution in [2.45, 2.75) is 92.0 Å². The number of rotatable bonds is 13. The Balaban J connectivity index is 4.28. The van der Waals surface area contributed by atoms with E-state index < -0.39 is 5.60 Å². The van der Waals surface area contributed by atoms with Crippen LogP contribution < -0.4 is 10.6 Å². The highest BCUT2D eigenvalue weighted by Crippen LogP contribution is 2.14. The van der Waals surface area contributed by atoms with Crippen LogP contribution >= 0.6 is 0 Å². The summed E-state index contributed by atoms with van der Waals surface area (Å²) in [6, 6.07) is 0.215. The predicted molar refractivity (Wildman–Crippen MR) is 102 cm³/mol. The molecule has 25 heavy (non-hydrogen) atoms. The van der Waals surface area contributed by atoms with E-state index in [1.54, 1.807) is 0 Å². The number of carbonyl (C=O) groups is 2. The molecule has 148 valence electrons. The van der Waals surface area contributed by atoms with Crippen LogP contribution in [0.25, 0.3) is 0 Å². The van der Waals surface area contributed by atoms with E-state index in [1.165, 1.54) is 0 Å². The average Bonchev–Trinajstić information content (AvgIpc) is 2.53. The van der Waals surface area contributed by atoms with Crippen molar-refractivity contribution < 1.29 is 14.3 Å². The second-order valence-electron chi connectivity index (χ2n) is 7.62. The molecule has 0 aromatic heterocycles. The Hall–Kier alpha value is -1.30. The van der Waals surface area contributed by atoms with E-state index in [1.807, 2.05) is 25.7 Å². The quantitative estimate of drug-likeness (QED) is 0.301. The topological polar surface area (TPSA) is 70.7 Å². The molecule has 0 aromatic carbocycles. The summed E-state index contributed by atoms with van der Waals surface area (Å²) in [6.07, 6.45) is 4.17.